The molecule has 1 aromatic carbocycles. The van der Waals surface area contributed by atoms with Gasteiger partial charge in [-0.25, -0.2) is 4.68 Å². The SMILES string of the molecule is C=CCCCOc1cc(C(=O)NCC(F)(F)F)ccc1-n1cc(C(=O)NC(C)(C)C)nn1. The molecule has 0 radical (unpaired) electrons. The van der Waals surface area contributed by atoms with Crippen LogP contribution in [-0.4, -0.2) is 51.7 Å². The summed E-state index contributed by atoms with van der Waals surface area (Å²) >= 11 is 0. The van der Waals surface area contributed by atoms with Crippen LogP contribution >= 0.6 is 0 Å². The van der Waals surface area contributed by atoms with Crippen LogP contribution in [0.3, 0.4) is 0 Å². The number of amides is 2. The second-order valence-electron chi connectivity index (χ2n) is 8.01. The standard InChI is InChI=1S/C21H26F3N5O3/c1-5-6-7-10-32-17-11-14(18(30)25-13-21(22,23)24)8-9-16(17)29-12-15(27-28-29)19(31)26-20(2,3)4/h5,8-9,11-12H,1,6-7,10,13H2,2-4H3,(H,25,30)(H,26,31). The Morgan fingerprint density at radius 2 is 1.94 bits per heavy atom. The van der Waals surface area contributed by atoms with Crippen molar-refractivity contribution in [2.45, 2.75) is 45.3 Å². The highest BCUT2D eigenvalue weighted by molar-refractivity contribution is 5.95. The van der Waals surface area contributed by atoms with Gasteiger partial charge in [0.2, 0.25) is 0 Å². The van der Waals surface area contributed by atoms with Gasteiger partial charge in [-0.1, -0.05) is 11.3 Å². The first-order chi connectivity index (χ1) is 14.9. The lowest BCUT2D eigenvalue weighted by atomic mass is 10.1. The molecule has 0 aliphatic rings. The van der Waals surface area contributed by atoms with Gasteiger partial charge in [0.25, 0.3) is 11.8 Å². The van der Waals surface area contributed by atoms with Crippen molar-refractivity contribution < 1.29 is 27.5 Å². The number of alkyl halides is 3. The van der Waals surface area contributed by atoms with Gasteiger partial charge in [-0.05, 0) is 51.8 Å². The Morgan fingerprint density at radius 3 is 2.56 bits per heavy atom. The average molecular weight is 453 g/mol. The molecule has 0 aliphatic heterocycles. The van der Waals surface area contributed by atoms with E-state index in [0.717, 1.165) is 0 Å². The van der Waals surface area contributed by atoms with Gasteiger partial charge in [-0.2, -0.15) is 13.2 Å². The fourth-order valence-electron chi connectivity index (χ4n) is 2.54. The van der Waals surface area contributed by atoms with E-state index in [1.807, 2.05) is 26.1 Å². The van der Waals surface area contributed by atoms with Crippen molar-refractivity contribution in [3.05, 3.63) is 48.3 Å². The quantitative estimate of drug-likeness (QED) is 0.448. The molecule has 0 bridgehead atoms. The number of benzene rings is 1. The van der Waals surface area contributed by atoms with E-state index in [2.05, 4.69) is 22.2 Å². The molecule has 1 aromatic heterocycles. The normalized spacial score (nSPS) is 11.7. The first-order valence-corrected chi connectivity index (χ1v) is 9.87. The highest BCUT2D eigenvalue weighted by Gasteiger charge is 2.28. The van der Waals surface area contributed by atoms with Crippen molar-refractivity contribution in [1.29, 1.82) is 0 Å². The Balaban J connectivity index is 2.29. The van der Waals surface area contributed by atoms with Crippen molar-refractivity contribution >= 4 is 11.8 Å². The van der Waals surface area contributed by atoms with Crippen molar-refractivity contribution in [1.82, 2.24) is 25.6 Å². The van der Waals surface area contributed by atoms with Crippen LogP contribution in [-0.2, 0) is 0 Å². The zero-order valence-corrected chi connectivity index (χ0v) is 18.1. The number of ether oxygens (including phenoxy) is 1. The third-order valence-corrected chi connectivity index (χ3v) is 3.94. The molecular formula is C21H26F3N5O3. The largest absolute Gasteiger partial charge is 0.491 e. The van der Waals surface area contributed by atoms with Gasteiger partial charge >= 0.3 is 6.18 Å². The van der Waals surface area contributed by atoms with Gasteiger partial charge < -0.3 is 15.4 Å². The minimum Gasteiger partial charge on any atom is -0.491 e. The van der Waals surface area contributed by atoms with Crippen molar-refractivity contribution in [3.8, 4) is 11.4 Å². The van der Waals surface area contributed by atoms with Crippen LogP contribution in [0.25, 0.3) is 5.69 Å². The van der Waals surface area contributed by atoms with E-state index < -0.39 is 30.1 Å². The Kier molecular flexibility index (Phi) is 8.01. The summed E-state index contributed by atoms with van der Waals surface area (Å²) in [5.74, 6) is -1.10. The van der Waals surface area contributed by atoms with E-state index in [4.69, 9.17) is 4.74 Å². The minimum atomic E-state index is -4.52. The predicted octanol–water partition coefficient (Wildman–Crippen LogP) is 3.43. The van der Waals surface area contributed by atoms with E-state index >= 15 is 0 Å². The van der Waals surface area contributed by atoms with Crippen molar-refractivity contribution in [2.75, 3.05) is 13.2 Å². The van der Waals surface area contributed by atoms with Gasteiger partial charge in [0.05, 0.1) is 12.8 Å². The fourth-order valence-corrected chi connectivity index (χ4v) is 2.54. The predicted molar refractivity (Wildman–Crippen MR) is 112 cm³/mol. The van der Waals surface area contributed by atoms with E-state index in [1.165, 1.54) is 29.1 Å². The molecule has 1 heterocycles. The number of nitrogens with zero attached hydrogens (tertiary/aromatic N) is 3. The number of hydrogen-bond acceptors (Lipinski definition) is 5. The molecule has 0 atom stereocenters. The molecule has 0 fully saturated rings. The lowest BCUT2D eigenvalue weighted by molar-refractivity contribution is -0.123. The number of rotatable bonds is 9. The first kappa shape index (κ1) is 24.9. The van der Waals surface area contributed by atoms with Gasteiger partial charge in [-0.3, -0.25) is 9.59 Å². The summed E-state index contributed by atoms with van der Waals surface area (Å²) in [6.45, 7) is 7.94. The van der Waals surface area contributed by atoms with Crippen LogP contribution < -0.4 is 15.4 Å². The van der Waals surface area contributed by atoms with Crippen molar-refractivity contribution in [2.24, 2.45) is 0 Å². The Labute approximate surface area is 183 Å². The maximum atomic E-state index is 12.4. The number of hydrogen-bond donors (Lipinski definition) is 2. The molecule has 0 saturated heterocycles. The maximum Gasteiger partial charge on any atom is 0.405 e. The number of nitrogens with one attached hydrogen (secondary N) is 2. The zero-order chi connectivity index (χ0) is 23.9. The number of carbonyl (C=O) groups is 2. The zero-order valence-electron chi connectivity index (χ0n) is 18.1. The van der Waals surface area contributed by atoms with E-state index in [-0.39, 0.29) is 23.6 Å². The average Bonchev–Trinajstić information content (AvgIpc) is 3.17. The molecule has 2 N–H and O–H groups in total. The van der Waals surface area contributed by atoms with Crippen LogP contribution in [0.1, 0.15) is 54.5 Å². The molecule has 174 valence electrons. The summed E-state index contributed by atoms with van der Waals surface area (Å²) in [4.78, 5) is 24.4. The highest BCUT2D eigenvalue weighted by Crippen LogP contribution is 2.25. The second kappa shape index (κ2) is 10.3. The summed E-state index contributed by atoms with van der Waals surface area (Å²) in [6.07, 6.45) is -0.0604. The molecule has 11 heteroatoms. The molecule has 8 nitrogen and oxygen atoms in total. The molecule has 2 aromatic rings. The summed E-state index contributed by atoms with van der Waals surface area (Å²) in [6, 6.07) is 4.13. The summed E-state index contributed by atoms with van der Waals surface area (Å²) in [7, 11) is 0. The Morgan fingerprint density at radius 1 is 1.22 bits per heavy atom. The van der Waals surface area contributed by atoms with Gasteiger partial charge in [0, 0.05) is 11.1 Å². The lowest BCUT2D eigenvalue weighted by Crippen LogP contribution is -2.40. The smallest absolute Gasteiger partial charge is 0.405 e. The van der Waals surface area contributed by atoms with Crippen LogP contribution in [0.2, 0.25) is 0 Å². The number of unbranched alkanes of at least 4 members (excludes halogenated alkanes) is 1. The first-order valence-electron chi connectivity index (χ1n) is 9.87. The summed E-state index contributed by atoms with van der Waals surface area (Å²) < 4.78 is 44.3. The second-order valence-corrected chi connectivity index (χ2v) is 8.01. The monoisotopic (exact) mass is 453 g/mol. The van der Waals surface area contributed by atoms with Crippen LogP contribution in [0.4, 0.5) is 13.2 Å². The van der Waals surface area contributed by atoms with E-state index in [1.54, 1.807) is 6.08 Å². The highest BCUT2D eigenvalue weighted by atomic mass is 19.4. The topological polar surface area (TPSA) is 98.1 Å². The molecule has 0 aliphatic carbocycles. The number of aromatic nitrogens is 3. The molecule has 2 rings (SSSR count). The lowest BCUT2D eigenvalue weighted by Gasteiger charge is -2.19. The fraction of sp³-hybridized carbons (Fsp3) is 0.429. The Bertz CT molecular complexity index is 964. The third-order valence-electron chi connectivity index (χ3n) is 3.94. The third kappa shape index (κ3) is 7.71. The number of allylic oxidation sites excluding steroid dienone is 1. The maximum absolute atomic E-state index is 12.4. The van der Waals surface area contributed by atoms with E-state index in [0.29, 0.717) is 18.5 Å². The minimum absolute atomic E-state index is 0.0115. The van der Waals surface area contributed by atoms with Crippen LogP contribution in [0.15, 0.2) is 37.1 Å². The van der Waals surface area contributed by atoms with Crippen LogP contribution in [0, 0.1) is 0 Å². The van der Waals surface area contributed by atoms with E-state index in [9.17, 15) is 22.8 Å². The molecule has 0 saturated carbocycles. The van der Waals surface area contributed by atoms with Crippen molar-refractivity contribution in [3.63, 3.8) is 0 Å². The van der Waals surface area contributed by atoms with Gasteiger partial charge in [-0.15, -0.1) is 11.7 Å². The molecule has 2 amide bonds. The van der Waals surface area contributed by atoms with Gasteiger partial charge in [0.15, 0.2) is 5.69 Å². The number of halogens is 3. The molecule has 32 heavy (non-hydrogen) atoms. The number of carbonyl (C=O) groups excluding carboxylic acids is 2. The summed E-state index contributed by atoms with van der Waals surface area (Å²) in [5.41, 5.74) is -0.0310. The molecular weight excluding hydrogens is 427 g/mol. The summed E-state index contributed by atoms with van der Waals surface area (Å²) in [5, 5.41) is 12.4. The molecule has 0 spiro atoms. The molecule has 0 unspecified atom stereocenters. The van der Waals surface area contributed by atoms with Gasteiger partial charge in [0.1, 0.15) is 18.0 Å². The van der Waals surface area contributed by atoms with Crippen LogP contribution in [0.5, 0.6) is 5.75 Å². The Hall–Kier alpha value is -3.37.